The van der Waals surface area contributed by atoms with E-state index in [0.29, 0.717) is 18.4 Å². The largest absolute Gasteiger partial charge is 0.458 e. The Hall–Kier alpha value is -1.74. The quantitative estimate of drug-likeness (QED) is 0.184. The first-order valence-corrected chi connectivity index (χ1v) is 16.8. The van der Waals surface area contributed by atoms with Gasteiger partial charge in [-0.05, 0) is 87.5 Å². The van der Waals surface area contributed by atoms with E-state index in [2.05, 4.69) is 6.92 Å². The summed E-state index contributed by atoms with van der Waals surface area (Å²) in [5.41, 5.74) is -1.81. The van der Waals surface area contributed by atoms with Crippen molar-refractivity contribution >= 4 is 11.8 Å². The molecule has 0 amide bonds. The number of hydrogen-bond donors (Lipinski definition) is 7. The second kappa shape index (κ2) is 12.3. The molecule has 15 atom stereocenters. The van der Waals surface area contributed by atoms with Crippen LogP contribution in [0.2, 0.25) is 0 Å². The lowest BCUT2D eigenvalue weighted by atomic mass is 9.43. The molecule has 12 nitrogen and oxygen atoms in total. The second-order valence-corrected chi connectivity index (χ2v) is 15.2. The number of fused-ring (bicyclic) bond motifs is 5. The molecule has 4 fully saturated rings. The molecule has 2 heterocycles. The zero-order chi connectivity index (χ0) is 33.3. The van der Waals surface area contributed by atoms with Gasteiger partial charge in [0.15, 0.2) is 12.1 Å². The summed E-state index contributed by atoms with van der Waals surface area (Å²) in [5.74, 6) is -0.867. The predicted molar refractivity (Wildman–Crippen MR) is 160 cm³/mol. The first-order valence-electron chi connectivity index (χ1n) is 16.8. The summed E-state index contributed by atoms with van der Waals surface area (Å²) < 4.78 is 17.0. The van der Waals surface area contributed by atoms with Crippen molar-refractivity contribution in [1.29, 1.82) is 0 Å². The van der Waals surface area contributed by atoms with E-state index in [0.717, 1.165) is 25.7 Å². The smallest absolute Gasteiger partial charge is 0.336 e. The molecule has 1 saturated heterocycles. The SMILES string of the molecule is CC1=C(CO[C@@H]2O[C@H](CO)[C@@H](O)[C@H](O)[C@H]2O)C(=O)O[C@H]([C@@H](CO)[C@H]2CC[C@H]3[C@@H]4C[C@@H](O)[C@@]5(O)CC=CC(=O)[C@]5(C)[C@H]4CC[C@@]23C)C1. The number of carbonyl (C=O) groups is 2. The average molecular weight is 651 g/mol. The van der Waals surface area contributed by atoms with Crippen molar-refractivity contribution in [3.05, 3.63) is 23.3 Å². The maximum atomic E-state index is 13.3. The molecule has 46 heavy (non-hydrogen) atoms. The number of hydrogen-bond acceptors (Lipinski definition) is 12. The molecule has 7 N–H and O–H groups in total. The number of esters is 1. The van der Waals surface area contributed by atoms with Crippen LogP contribution in [0.25, 0.3) is 0 Å². The van der Waals surface area contributed by atoms with Crippen molar-refractivity contribution in [2.75, 3.05) is 19.8 Å². The molecule has 0 spiro atoms. The van der Waals surface area contributed by atoms with Crippen molar-refractivity contribution in [2.45, 2.75) is 114 Å². The summed E-state index contributed by atoms with van der Waals surface area (Å²) in [6, 6.07) is 0. The van der Waals surface area contributed by atoms with E-state index >= 15 is 0 Å². The molecule has 0 bridgehead atoms. The molecular formula is C34H50O12. The fraction of sp³-hybridized carbons (Fsp3) is 0.824. The van der Waals surface area contributed by atoms with Crippen molar-refractivity contribution in [1.82, 2.24) is 0 Å². The Morgan fingerprint density at radius 2 is 1.76 bits per heavy atom. The topological polar surface area (TPSA) is 203 Å². The number of carbonyl (C=O) groups excluding carboxylic acids is 2. The summed E-state index contributed by atoms with van der Waals surface area (Å²) in [4.78, 5) is 26.6. The van der Waals surface area contributed by atoms with E-state index in [1.807, 2.05) is 6.92 Å². The number of rotatable bonds is 7. The molecule has 6 aliphatic rings. The Morgan fingerprint density at radius 1 is 1.02 bits per heavy atom. The Balaban J connectivity index is 1.17. The molecule has 0 aromatic rings. The van der Waals surface area contributed by atoms with Crippen LogP contribution in [-0.2, 0) is 23.8 Å². The van der Waals surface area contributed by atoms with Crippen LogP contribution in [0.4, 0.5) is 0 Å². The number of cyclic esters (lactones) is 1. The number of aliphatic hydroxyl groups is 7. The summed E-state index contributed by atoms with van der Waals surface area (Å²) >= 11 is 0. The minimum absolute atomic E-state index is 0.0358. The van der Waals surface area contributed by atoms with Gasteiger partial charge in [-0.15, -0.1) is 0 Å². The molecule has 3 saturated carbocycles. The lowest BCUT2D eigenvalue weighted by Crippen LogP contribution is -2.69. The number of allylic oxidation sites excluding steroid dienone is 1. The molecule has 2 aliphatic heterocycles. The van der Waals surface area contributed by atoms with Crippen LogP contribution in [0.15, 0.2) is 23.3 Å². The molecular weight excluding hydrogens is 600 g/mol. The molecule has 0 radical (unpaired) electrons. The molecule has 4 aliphatic carbocycles. The monoisotopic (exact) mass is 650 g/mol. The van der Waals surface area contributed by atoms with E-state index in [1.54, 1.807) is 19.1 Å². The minimum Gasteiger partial charge on any atom is -0.458 e. The first kappa shape index (κ1) is 34.1. The third-order valence-corrected chi connectivity index (χ3v) is 13.4. The number of ether oxygens (including phenoxy) is 3. The van der Waals surface area contributed by atoms with Crippen LogP contribution in [0.5, 0.6) is 0 Å². The zero-order valence-corrected chi connectivity index (χ0v) is 26.8. The third-order valence-electron chi connectivity index (χ3n) is 13.4. The highest BCUT2D eigenvalue weighted by molar-refractivity contribution is 5.97. The molecule has 258 valence electrons. The number of aliphatic hydroxyl groups excluding tert-OH is 6. The lowest BCUT2D eigenvalue weighted by Gasteiger charge is -2.63. The second-order valence-electron chi connectivity index (χ2n) is 15.2. The van der Waals surface area contributed by atoms with Crippen LogP contribution in [0.1, 0.15) is 65.7 Å². The van der Waals surface area contributed by atoms with Crippen molar-refractivity contribution in [2.24, 2.45) is 40.4 Å². The van der Waals surface area contributed by atoms with Gasteiger partial charge in [0, 0.05) is 18.9 Å². The summed E-state index contributed by atoms with van der Waals surface area (Å²) in [6.45, 7) is 4.81. The van der Waals surface area contributed by atoms with Crippen molar-refractivity contribution < 1.29 is 59.5 Å². The van der Waals surface area contributed by atoms with Crippen LogP contribution in [0, 0.1) is 40.4 Å². The highest BCUT2D eigenvalue weighted by Gasteiger charge is 2.69. The lowest BCUT2D eigenvalue weighted by molar-refractivity contribution is -0.299. The van der Waals surface area contributed by atoms with Gasteiger partial charge in [0.25, 0.3) is 0 Å². The molecule has 12 heteroatoms. The summed E-state index contributed by atoms with van der Waals surface area (Å²) in [5, 5.41) is 73.5. The Morgan fingerprint density at radius 3 is 2.43 bits per heavy atom. The Bertz CT molecular complexity index is 1260. The van der Waals surface area contributed by atoms with Crippen LogP contribution < -0.4 is 0 Å². The van der Waals surface area contributed by atoms with Crippen LogP contribution in [0.3, 0.4) is 0 Å². The van der Waals surface area contributed by atoms with Crippen LogP contribution in [-0.4, -0.2) is 116 Å². The fourth-order valence-corrected chi connectivity index (χ4v) is 10.6. The zero-order valence-electron chi connectivity index (χ0n) is 26.8. The van der Waals surface area contributed by atoms with Crippen molar-refractivity contribution in [3.63, 3.8) is 0 Å². The van der Waals surface area contributed by atoms with Crippen molar-refractivity contribution in [3.8, 4) is 0 Å². The standard InChI is InChI=1S/C34H50O12/c1-16-11-23(45-30(42)19(16)15-44-31-29(41)28(40)27(39)24(14-36)46-31)18(13-35)21-7-6-20-17-12-26(38)34(43)9-4-5-25(37)33(34,3)22(17)8-10-32(20,21)2/h4-5,17-18,20-24,26-29,31,35-36,38-41,43H,6-15H2,1-3H3/t17-,18-,20-,21+,22-,23-,24+,26+,27+,28-,29+,31+,32+,33-,34-/m0/s1. The van der Waals surface area contributed by atoms with Gasteiger partial charge in [0.2, 0.25) is 0 Å². The third kappa shape index (κ3) is 4.97. The molecule has 0 aromatic heterocycles. The maximum absolute atomic E-state index is 13.3. The fourth-order valence-electron chi connectivity index (χ4n) is 10.6. The summed E-state index contributed by atoms with van der Waals surface area (Å²) in [6.07, 6.45) is -1.34. The highest BCUT2D eigenvalue weighted by Crippen LogP contribution is 2.68. The average Bonchev–Trinajstić information content (AvgIpc) is 3.36. The molecule has 0 unspecified atom stereocenters. The van der Waals surface area contributed by atoms with E-state index in [9.17, 15) is 45.3 Å². The van der Waals surface area contributed by atoms with Gasteiger partial charge in [-0.2, -0.15) is 0 Å². The first-order chi connectivity index (χ1) is 21.7. The van der Waals surface area contributed by atoms with Gasteiger partial charge in [-0.1, -0.05) is 18.6 Å². The van der Waals surface area contributed by atoms with Gasteiger partial charge in [-0.25, -0.2) is 4.79 Å². The van der Waals surface area contributed by atoms with Gasteiger partial charge in [0.05, 0.1) is 30.3 Å². The number of ketones is 1. The maximum Gasteiger partial charge on any atom is 0.336 e. The Labute approximate surface area is 269 Å². The van der Waals surface area contributed by atoms with Gasteiger partial charge in [0.1, 0.15) is 36.1 Å². The van der Waals surface area contributed by atoms with Gasteiger partial charge < -0.3 is 50.0 Å². The van der Waals surface area contributed by atoms with Gasteiger partial charge >= 0.3 is 5.97 Å². The molecule has 0 aromatic carbocycles. The normalized spacial score (nSPS) is 49.7. The minimum atomic E-state index is -1.60. The van der Waals surface area contributed by atoms with E-state index < -0.39 is 66.5 Å². The van der Waals surface area contributed by atoms with Gasteiger partial charge in [-0.3, -0.25) is 4.79 Å². The van der Waals surface area contributed by atoms with E-state index in [-0.39, 0.29) is 66.0 Å². The molecule has 6 rings (SSSR count). The summed E-state index contributed by atoms with van der Waals surface area (Å²) in [7, 11) is 0. The highest BCUT2D eigenvalue weighted by atomic mass is 16.7. The van der Waals surface area contributed by atoms with Crippen LogP contribution >= 0.6 is 0 Å². The Kier molecular flexibility index (Phi) is 9.13. The van der Waals surface area contributed by atoms with E-state index in [1.165, 1.54) is 0 Å². The van der Waals surface area contributed by atoms with E-state index in [4.69, 9.17) is 14.2 Å². The predicted octanol–water partition coefficient (Wildman–Crippen LogP) is 0.133.